The monoisotopic (exact) mass is 348 g/mol. The van der Waals surface area contributed by atoms with E-state index < -0.39 is 0 Å². The van der Waals surface area contributed by atoms with Gasteiger partial charge in [0.2, 0.25) is 0 Å². The van der Waals surface area contributed by atoms with E-state index >= 15 is 0 Å². The summed E-state index contributed by atoms with van der Waals surface area (Å²) in [6.07, 6.45) is 1.80. The molecule has 0 spiro atoms. The largest absolute Gasteiger partial charge is 0.369 e. The minimum Gasteiger partial charge on any atom is -0.369 e. The molecule has 2 aromatic carbocycles. The number of nitrogens with one attached hydrogen (secondary N) is 2. The summed E-state index contributed by atoms with van der Waals surface area (Å²) in [5.41, 5.74) is 5.04. The van der Waals surface area contributed by atoms with Crippen molar-refractivity contribution in [1.29, 1.82) is 0 Å². The molecular formula is C21H24N4O. The van der Waals surface area contributed by atoms with Crippen LogP contribution in [0.25, 0.3) is 5.57 Å². The predicted octanol–water partition coefficient (Wildman–Crippen LogP) is 2.52. The summed E-state index contributed by atoms with van der Waals surface area (Å²) in [7, 11) is 2.16. The van der Waals surface area contributed by atoms with E-state index in [1.165, 1.54) is 5.69 Å². The van der Waals surface area contributed by atoms with Gasteiger partial charge < -0.3 is 20.4 Å². The molecule has 0 unspecified atom stereocenters. The summed E-state index contributed by atoms with van der Waals surface area (Å²) in [5, 5.41) is 6.20. The number of fused-ring (bicyclic) bond motifs is 1. The molecule has 26 heavy (non-hydrogen) atoms. The number of amides is 1. The first-order chi connectivity index (χ1) is 12.7. The molecule has 2 aliphatic heterocycles. The first kappa shape index (κ1) is 16.7. The third-order valence-corrected chi connectivity index (χ3v) is 5.11. The molecule has 0 aliphatic carbocycles. The number of benzene rings is 2. The van der Waals surface area contributed by atoms with Gasteiger partial charge in [0.1, 0.15) is 0 Å². The Morgan fingerprint density at radius 1 is 1.00 bits per heavy atom. The first-order valence-corrected chi connectivity index (χ1v) is 9.07. The Labute approximate surface area is 154 Å². The summed E-state index contributed by atoms with van der Waals surface area (Å²) >= 11 is 0. The fraction of sp³-hybridized carbons (Fsp3) is 0.286. The Kier molecular flexibility index (Phi) is 4.63. The van der Waals surface area contributed by atoms with Crippen molar-refractivity contribution in [2.75, 3.05) is 43.4 Å². The van der Waals surface area contributed by atoms with Crippen molar-refractivity contribution >= 4 is 22.9 Å². The second-order valence-corrected chi connectivity index (χ2v) is 6.88. The van der Waals surface area contributed by atoms with Gasteiger partial charge in [0, 0.05) is 50.3 Å². The summed E-state index contributed by atoms with van der Waals surface area (Å²) in [5.74, 6) is -0.0368. The lowest BCUT2D eigenvalue weighted by atomic mass is 9.96. The van der Waals surface area contributed by atoms with Crippen LogP contribution in [0.3, 0.4) is 0 Å². The zero-order chi connectivity index (χ0) is 17.9. The number of nitrogens with zero attached hydrogens (tertiary/aromatic N) is 2. The standard InChI is InChI=1S/C21H24N4O/c1-24-10-12-25(13-11-24)18-8-6-17(7-9-18)22-15-20-19-5-3-2-4-16(19)14-23-21(20)26/h2-9,15,22H,10-14H2,1H3,(H,23,26)/b20-15-. The molecule has 2 heterocycles. The highest BCUT2D eigenvalue weighted by Gasteiger charge is 2.20. The highest BCUT2D eigenvalue weighted by molar-refractivity contribution is 6.21. The maximum atomic E-state index is 12.2. The third kappa shape index (κ3) is 3.44. The van der Waals surface area contributed by atoms with Crippen LogP contribution in [0.2, 0.25) is 0 Å². The molecule has 2 aromatic rings. The lowest BCUT2D eigenvalue weighted by molar-refractivity contribution is -0.116. The molecule has 1 fully saturated rings. The number of likely N-dealkylation sites (N-methyl/N-ethyl adjacent to an activating group) is 1. The van der Waals surface area contributed by atoms with Crippen molar-refractivity contribution in [2.24, 2.45) is 0 Å². The van der Waals surface area contributed by atoms with Crippen LogP contribution >= 0.6 is 0 Å². The number of hydrogen-bond acceptors (Lipinski definition) is 4. The predicted molar refractivity (Wildman–Crippen MR) is 106 cm³/mol. The SMILES string of the molecule is CN1CCN(c2ccc(N/C=C3\C(=O)NCc4ccccc43)cc2)CC1. The molecule has 1 saturated heterocycles. The van der Waals surface area contributed by atoms with Crippen LogP contribution in [-0.4, -0.2) is 44.0 Å². The molecular weight excluding hydrogens is 324 g/mol. The lowest BCUT2D eigenvalue weighted by Crippen LogP contribution is -2.44. The Morgan fingerprint density at radius 3 is 2.50 bits per heavy atom. The van der Waals surface area contributed by atoms with Crippen LogP contribution in [0.4, 0.5) is 11.4 Å². The van der Waals surface area contributed by atoms with E-state index in [-0.39, 0.29) is 5.91 Å². The maximum Gasteiger partial charge on any atom is 0.253 e. The van der Waals surface area contributed by atoms with Crippen molar-refractivity contribution in [3.8, 4) is 0 Å². The van der Waals surface area contributed by atoms with Gasteiger partial charge in [0.25, 0.3) is 5.91 Å². The molecule has 2 aliphatic rings. The number of hydrogen-bond donors (Lipinski definition) is 2. The van der Waals surface area contributed by atoms with Crippen LogP contribution in [0, 0.1) is 0 Å². The van der Waals surface area contributed by atoms with Crippen molar-refractivity contribution in [3.05, 3.63) is 65.9 Å². The average molecular weight is 348 g/mol. The first-order valence-electron chi connectivity index (χ1n) is 9.07. The molecule has 4 rings (SSSR count). The highest BCUT2D eigenvalue weighted by atomic mass is 16.1. The Morgan fingerprint density at radius 2 is 1.73 bits per heavy atom. The number of rotatable bonds is 3. The van der Waals surface area contributed by atoms with Gasteiger partial charge in [0.05, 0.1) is 5.57 Å². The molecule has 0 bridgehead atoms. The van der Waals surface area contributed by atoms with Crippen molar-refractivity contribution in [1.82, 2.24) is 10.2 Å². The van der Waals surface area contributed by atoms with Crippen molar-refractivity contribution in [3.63, 3.8) is 0 Å². The van der Waals surface area contributed by atoms with Gasteiger partial charge in [-0.25, -0.2) is 0 Å². The lowest BCUT2D eigenvalue weighted by Gasteiger charge is -2.34. The van der Waals surface area contributed by atoms with Gasteiger partial charge in [-0.15, -0.1) is 0 Å². The molecule has 0 radical (unpaired) electrons. The smallest absolute Gasteiger partial charge is 0.253 e. The maximum absolute atomic E-state index is 12.2. The summed E-state index contributed by atoms with van der Waals surface area (Å²) in [6, 6.07) is 16.4. The minimum atomic E-state index is -0.0368. The number of carbonyl (C=O) groups excluding carboxylic acids is 1. The van der Waals surface area contributed by atoms with Crippen LogP contribution in [0.15, 0.2) is 54.7 Å². The van der Waals surface area contributed by atoms with E-state index in [2.05, 4.69) is 51.7 Å². The third-order valence-electron chi connectivity index (χ3n) is 5.11. The second kappa shape index (κ2) is 7.22. The average Bonchev–Trinajstić information content (AvgIpc) is 2.68. The fourth-order valence-electron chi connectivity index (χ4n) is 3.46. The number of anilines is 2. The van der Waals surface area contributed by atoms with Crippen LogP contribution in [-0.2, 0) is 11.3 Å². The number of carbonyl (C=O) groups is 1. The van der Waals surface area contributed by atoms with E-state index in [1.807, 2.05) is 24.3 Å². The molecule has 0 atom stereocenters. The van der Waals surface area contributed by atoms with E-state index in [0.29, 0.717) is 12.1 Å². The molecule has 134 valence electrons. The summed E-state index contributed by atoms with van der Waals surface area (Å²) < 4.78 is 0. The fourth-order valence-corrected chi connectivity index (χ4v) is 3.46. The quantitative estimate of drug-likeness (QED) is 0.837. The molecule has 5 nitrogen and oxygen atoms in total. The Hall–Kier alpha value is -2.79. The van der Waals surface area contributed by atoms with Gasteiger partial charge in [-0.3, -0.25) is 4.79 Å². The molecule has 0 aromatic heterocycles. The van der Waals surface area contributed by atoms with Gasteiger partial charge in [0.15, 0.2) is 0 Å². The van der Waals surface area contributed by atoms with Gasteiger partial charge in [-0.05, 0) is 42.4 Å². The molecule has 0 saturated carbocycles. The zero-order valence-electron chi connectivity index (χ0n) is 15.0. The normalized spacial score (nSPS) is 19.2. The minimum absolute atomic E-state index is 0.0368. The van der Waals surface area contributed by atoms with Crippen molar-refractivity contribution in [2.45, 2.75) is 6.54 Å². The van der Waals surface area contributed by atoms with Crippen LogP contribution in [0.1, 0.15) is 11.1 Å². The Bertz CT molecular complexity index is 820. The molecule has 5 heteroatoms. The summed E-state index contributed by atoms with van der Waals surface area (Å²) in [6.45, 7) is 4.90. The van der Waals surface area contributed by atoms with E-state index in [1.54, 1.807) is 6.20 Å². The van der Waals surface area contributed by atoms with Gasteiger partial charge >= 0.3 is 0 Å². The van der Waals surface area contributed by atoms with Gasteiger partial charge in [-0.1, -0.05) is 24.3 Å². The molecule has 2 N–H and O–H groups in total. The van der Waals surface area contributed by atoms with Crippen molar-refractivity contribution < 1.29 is 4.79 Å². The number of piperazine rings is 1. The highest BCUT2D eigenvalue weighted by Crippen LogP contribution is 2.24. The van der Waals surface area contributed by atoms with Crippen LogP contribution < -0.4 is 15.5 Å². The topological polar surface area (TPSA) is 47.6 Å². The summed E-state index contributed by atoms with van der Waals surface area (Å²) in [4.78, 5) is 17.0. The molecule has 1 amide bonds. The Balaban J connectivity index is 1.48. The van der Waals surface area contributed by atoms with E-state index in [0.717, 1.165) is 43.0 Å². The zero-order valence-corrected chi connectivity index (χ0v) is 15.0. The van der Waals surface area contributed by atoms with E-state index in [4.69, 9.17) is 0 Å². The van der Waals surface area contributed by atoms with E-state index in [9.17, 15) is 4.79 Å². The van der Waals surface area contributed by atoms with Crippen LogP contribution in [0.5, 0.6) is 0 Å². The second-order valence-electron chi connectivity index (χ2n) is 6.88. The van der Waals surface area contributed by atoms with Gasteiger partial charge in [-0.2, -0.15) is 0 Å².